The molecule has 0 fully saturated rings. The molecule has 1 aromatic heterocycles. The number of nitrogens with zero attached hydrogens (tertiary/aromatic N) is 4. The number of hydrogen-bond donors (Lipinski definition) is 0. The first kappa shape index (κ1) is 30.9. The SMILES string of the molecule is Cc1cc(S(=O)(=O)[O-])ccc1-n1nc(C)c(N=Nc2cc(S(=O)(=O)[O-])ccc2C(=O)[O-])c1[O-].[Cr+3].[Na+]. The summed E-state index contributed by atoms with van der Waals surface area (Å²) >= 11 is 0. The van der Waals surface area contributed by atoms with Gasteiger partial charge in [-0.2, -0.15) is 5.10 Å². The average molecular weight is 567 g/mol. The zero-order valence-electron chi connectivity index (χ0n) is 18.2. The van der Waals surface area contributed by atoms with Crippen molar-refractivity contribution in [3.63, 3.8) is 0 Å². The molecule has 3 rings (SSSR count). The van der Waals surface area contributed by atoms with Crippen LogP contribution in [0.4, 0.5) is 11.4 Å². The Kier molecular flexibility index (Phi) is 9.97. The topological polar surface area (TPSA) is 220 Å². The predicted octanol–water partition coefficient (Wildman–Crippen LogP) is -2.85. The van der Waals surface area contributed by atoms with Gasteiger partial charge in [-0.3, -0.25) is 0 Å². The molecule has 0 amide bonds. The number of hydrogen-bond acceptors (Lipinski definition) is 12. The summed E-state index contributed by atoms with van der Waals surface area (Å²) in [6, 6.07) is 5.51. The summed E-state index contributed by atoms with van der Waals surface area (Å²) in [4.78, 5) is 10.0. The third kappa shape index (κ3) is 6.76. The van der Waals surface area contributed by atoms with Gasteiger partial charge in [-0.1, -0.05) is 0 Å². The second-order valence-electron chi connectivity index (χ2n) is 6.67. The maximum Gasteiger partial charge on any atom is 3.00 e. The van der Waals surface area contributed by atoms with Gasteiger partial charge in [0.2, 0.25) is 0 Å². The van der Waals surface area contributed by atoms with Crippen molar-refractivity contribution in [3.05, 3.63) is 53.2 Å². The Balaban J connectivity index is 0.00000306. The Morgan fingerprint density at radius 1 is 0.943 bits per heavy atom. The molecular formula is C18H12CrN4NaO9S2. The molecule has 1 heterocycles. The minimum absolute atomic E-state index is 0. The van der Waals surface area contributed by atoms with Gasteiger partial charge in [-0.05, 0) is 55.8 Å². The number of carbonyl (C=O) groups is 1. The van der Waals surface area contributed by atoms with E-state index < -0.39 is 53.1 Å². The van der Waals surface area contributed by atoms with Crippen LogP contribution in [0, 0.1) is 13.8 Å². The van der Waals surface area contributed by atoms with E-state index in [1.54, 1.807) is 0 Å². The zero-order valence-corrected chi connectivity index (χ0v) is 23.1. The van der Waals surface area contributed by atoms with Crippen LogP contribution in [0.2, 0.25) is 0 Å². The molecule has 35 heavy (non-hydrogen) atoms. The molecule has 0 N–H and O–H groups in total. The van der Waals surface area contributed by atoms with E-state index in [2.05, 4.69) is 15.3 Å². The Bertz CT molecular complexity index is 1540. The van der Waals surface area contributed by atoms with Crippen LogP contribution in [0.15, 0.2) is 56.4 Å². The molecule has 0 unspecified atom stereocenters. The second kappa shape index (κ2) is 11.3. The van der Waals surface area contributed by atoms with Gasteiger partial charge < -0.3 is 24.1 Å². The molecule has 2 aromatic carbocycles. The number of azo groups is 1. The summed E-state index contributed by atoms with van der Waals surface area (Å²) in [5.74, 6) is -2.54. The minimum atomic E-state index is -4.93. The number of aromatic nitrogens is 2. The van der Waals surface area contributed by atoms with E-state index >= 15 is 0 Å². The molecule has 0 aliphatic heterocycles. The molecule has 0 saturated carbocycles. The fourth-order valence-corrected chi connectivity index (χ4v) is 3.87. The zero-order chi connectivity index (χ0) is 24.7. The molecule has 1 radical (unpaired) electrons. The van der Waals surface area contributed by atoms with Crippen LogP contribution in [0.1, 0.15) is 21.6 Å². The van der Waals surface area contributed by atoms with Crippen LogP contribution >= 0.6 is 0 Å². The normalized spacial score (nSPS) is 11.7. The summed E-state index contributed by atoms with van der Waals surface area (Å²) in [7, 11) is -9.64. The number of aromatic carboxylic acids is 1. The number of aryl methyl sites for hydroxylation is 2. The van der Waals surface area contributed by atoms with Gasteiger partial charge in [0.05, 0.1) is 32.8 Å². The molecule has 17 heteroatoms. The fourth-order valence-electron chi connectivity index (χ4n) is 2.82. The Labute approximate surface area is 232 Å². The van der Waals surface area contributed by atoms with E-state index in [0.29, 0.717) is 6.07 Å². The van der Waals surface area contributed by atoms with Gasteiger partial charge in [-0.15, -0.1) is 10.2 Å². The number of carbonyl (C=O) groups excluding carboxylic acids is 1. The summed E-state index contributed by atoms with van der Waals surface area (Å²) in [6.07, 6.45) is 0. The van der Waals surface area contributed by atoms with Crippen LogP contribution in [0.3, 0.4) is 0 Å². The minimum Gasteiger partial charge on any atom is -0.857 e. The van der Waals surface area contributed by atoms with E-state index in [-0.39, 0.29) is 69.6 Å². The Morgan fingerprint density at radius 2 is 1.49 bits per heavy atom. The molecule has 0 aliphatic carbocycles. The number of rotatable bonds is 6. The van der Waals surface area contributed by atoms with Gasteiger partial charge in [0.1, 0.15) is 25.9 Å². The summed E-state index contributed by atoms with van der Waals surface area (Å²) in [5.41, 5.74) is -1.02. The third-order valence-corrected chi connectivity index (χ3v) is 6.07. The van der Waals surface area contributed by atoms with Gasteiger partial charge in [0.15, 0.2) is 0 Å². The average Bonchev–Trinajstić information content (AvgIpc) is 2.98. The largest absolute Gasteiger partial charge is 3.00 e. The standard InChI is InChI=1S/C18H16N4O9S2.Cr.Na/c1-9-7-11(32(26,27)28)4-6-15(9)22-17(23)16(10(2)21-22)20-19-14-8-12(33(29,30)31)3-5-13(14)18(24)25;;/h3-8,23H,1-2H3,(H,24,25)(H,26,27,28)(H,29,30,31);;/q;+3;+1/p-4. The van der Waals surface area contributed by atoms with Crippen molar-refractivity contribution in [3.8, 4) is 11.6 Å². The second-order valence-corrected chi connectivity index (χ2v) is 9.43. The molecule has 0 spiro atoms. The first-order valence-electron chi connectivity index (χ1n) is 8.76. The molecule has 177 valence electrons. The molecule has 0 aliphatic rings. The van der Waals surface area contributed by atoms with Gasteiger partial charge in [0, 0.05) is 11.4 Å². The van der Waals surface area contributed by atoms with Crippen molar-refractivity contribution < 1.29 is 87.9 Å². The van der Waals surface area contributed by atoms with Crippen LogP contribution < -0.4 is 39.8 Å². The number of carboxylic acid groups (broad SMARTS) is 1. The van der Waals surface area contributed by atoms with E-state index in [9.17, 15) is 40.9 Å². The summed E-state index contributed by atoms with van der Waals surface area (Å²) in [5, 5.41) is 35.3. The van der Waals surface area contributed by atoms with Gasteiger partial charge in [-0.25, -0.2) is 21.5 Å². The molecule has 3 aromatic rings. The van der Waals surface area contributed by atoms with Crippen molar-refractivity contribution >= 4 is 37.6 Å². The first-order valence-corrected chi connectivity index (χ1v) is 11.6. The molecule has 0 atom stereocenters. The van der Waals surface area contributed by atoms with Crippen molar-refractivity contribution in [1.82, 2.24) is 9.78 Å². The number of carboxylic acids is 1. The molecule has 0 saturated heterocycles. The van der Waals surface area contributed by atoms with E-state index in [4.69, 9.17) is 0 Å². The van der Waals surface area contributed by atoms with Crippen molar-refractivity contribution in [2.45, 2.75) is 23.6 Å². The van der Waals surface area contributed by atoms with Crippen LogP contribution in [-0.4, -0.2) is 41.7 Å². The Hall–Kier alpha value is -2.13. The van der Waals surface area contributed by atoms with Crippen molar-refractivity contribution in [2.24, 2.45) is 10.2 Å². The molecule has 13 nitrogen and oxygen atoms in total. The predicted molar refractivity (Wildman–Crippen MR) is 103 cm³/mol. The monoisotopic (exact) mass is 567 g/mol. The summed E-state index contributed by atoms with van der Waals surface area (Å²) < 4.78 is 68.0. The number of benzene rings is 2. The van der Waals surface area contributed by atoms with Crippen LogP contribution in [0.25, 0.3) is 5.69 Å². The maximum absolute atomic E-state index is 12.8. The third-order valence-electron chi connectivity index (χ3n) is 4.41. The smallest absolute Gasteiger partial charge is 0.857 e. The fraction of sp³-hybridized carbons (Fsp3) is 0.111. The first-order chi connectivity index (χ1) is 15.2. The Morgan fingerprint density at radius 3 is 2.00 bits per heavy atom. The quantitative estimate of drug-likeness (QED) is 0.168. The van der Waals surface area contributed by atoms with Crippen molar-refractivity contribution in [2.75, 3.05) is 0 Å². The van der Waals surface area contributed by atoms with E-state index in [0.717, 1.165) is 28.9 Å². The van der Waals surface area contributed by atoms with Gasteiger partial charge >= 0.3 is 46.9 Å². The van der Waals surface area contributed by atoms with E-state index in [1.165, 1.54) is 19.9 Å². The molecule has 0 bridgehead atoms. The summed E-state index contributed by atoms with van der Waals surface area (Å²) in [6.45, 7) is 2.83. The van der Waals surface area contributed by atoms with Crippen LogP contribution in [0.5, 0.6) is 5.88 Å². The maximum atomic E-state index is 12.8. The van der Waals surface area contributed by atoms with Crippen molar-refractivity contribution in [1.29, 1.82) is 0 Å². The van der Waals surface area contributed by atoms with E-state index in [1.807, 2.05) is 0 Å². The molecular weight excluding hydrogens is 555 g/mol. The van der Waals surface area contributed by atoms with Gasteiger partial charge in [0.25, 0.3) is 0 Å². The van der Waals surface area contributed by atoms with Crippen LogP contribution in [-0.2, 0) is 37.6 Å².